The van der Waals surface area contributed by atoms with Crippen LogP contribution in [0.25, 0.3) is 0 Å². The van der Waals surface area contributed by atoms with Gasteiger partial charge in [-0.15, -0.1) is 0 Å². The third-order valence-corrected chi connectivity index (χ3v) is 4.13. The number of ether oxygens (including phenoxy) is 3. The first-order valence-electron chi connectivity index (χ1n) is 10.1. The maximum atomic E-state index is 5.70. The highest BCUT2D eigenvalue weighted by Crippen LogP contribution is 2.15. The number of hydrogen-bond donors (Lipinski definition) is 2. The van der Waals surface area contributed by atoms with Crippen molar-refractivity contribution in [3.8, 4) is 5.88 Å². The van der Waals surface area contributed by atoms with E-state index in [1.807, 2.05) is 12.1 Å². The van der Waals surface area contributed by atoms with E-state index in [1.165, 1.54) is 0 Å². The number of guanidine groups is 1. The van der Waals surface area contributed by atoms with Gasteiger partial charge in [-0.05, 0) is 38.7 Å². The smallest absolute Gasteiger partial charge is 0.218 e. The van der Waals surface area contributed by atoms with Crippen LogP contribution in [-0.2, 0) is 16.0 Å². The van der Waals surface area contributed by atoms with Crippen LogP contribution in [0.3, 0.4) is 0 Å². The summed E-state index contributed by atoms with van der Waals surface area (Å²) in [7, 11) is 0. The van der Waals surface area contributed by atoms with Gasteiger partial charge in [0.2, 0.25) is 5.88 Å². The van der Waals surface area contributed by atoms with Gasteiger partial charge in [0.15, 0.2) is 5.96 Å². The standard InChI is InChI=1S/C20H34N4O3/c1-3-12-27-19-17(8-5-10-22-19)15-24-20(21-4-2)23-11-7-13-25-16-18-9-6-14-26-18/h5,8,10,18H,3-4,6-7,9,11-16H2,1-2H3,(H2,21,23,24). The van der Waals surface area contributed by atoms with Crippen molar-refractivity contribution in [2.75, 3.05) is 39.5 Å². The largest absolute Gasteiger partial charge is 0.477 e. The minimum atomic E-state index is 0.292. The van der Waals surface area contributed by atoms with Crippen LogP contribution in [0, 0.1) is 0 Å². The van der Waals surface area contributed by atoms with Crippen LogP contribution in [0.15, 0.2) is 23.3 Å². The van der Waals surface area contributed by atoms with E-state index in [0.717, 1.165) is 63.5 Å². The zero-order valence-electron chi connectivity index (χ0n) is 16.7. The van der Waals surface area contributed by atoms with Crippen molar-refractivity contribution in [1.29, 1.82) is 0 Å². The average molecular weight is 379 g/mol. The van der Waals surface area contributed by atoms with Gasteiger partial charge >= 0.3 is 0 Å². The van der Waals surface area contributed by atoms with Gasteiger partial charge < -0.3 is 24.8 Å². The summed E-state index contributed by atoms with van der Waals surface area (Å²) in [6, 6.07) is 3.92. The first kappa shape index (κ1) is 21.4. The lowest BCUT2D eigenvalue weighted by molar-refractivity contribution is 0.0168. The summed E-state index contributed by atoms with van der Waals surface area (Å²) in [5.41, 5.74) is 0.989. The maximum absolute atomic E-state index is 5.70. The molecule has 1 unspecified atom stereocenters. The van der Waals surface area contributed by atoms with Crippen LogP contribution >= 0.6 is 0 Å². The Bertz CT molecular complexity index is 548. The summed E-state index contributed by atoms with van der Waals surface area (Å²) < 4.78 is 16.9. The topological polar surface area (TPSA) is 77.0 Å². The molecule has 7 heteroatoms. The molecule has 0 aromatic carbocycles. The van der Waals surface area contributed by atoms with Crippen LogP contribution in [-0.4, -0.2) is 56.6 Å². The summed E-state index contributed by atoms with van der Waals surface area (Å²) in [4.78, 5) is 8.96. The Balaban J connectivity index is 1.71. The molecule has 1 aromatic heterocycles. The van der Waals surface area contributed by atoms with Crippen molar-refractivity contribution >= 4 is 5.96 Å². The molecule has 2 N–H and O–H groups in total. The SMILES string of the molecule is CCCOc1ncccc1CN=C(NCC)NCCCOCC1CCCO1. The van der Waals surface area contributed by atoms with Crippen LogP contribution in [0.2, 0.25) is 0 Å². The van der Waals surface area contributed by atoms with Crippen LogP contribution in [0.4, 0.5) is 0 Å². The zero-order chi connectivity index (χ0) is 19.2. The molecule has 0 amide bonds. The molecule has 152 valence electrons. The van der Waals surface area contributed by atoms with Crippen molar-refractivity contribution in [1.82, 2.24) is 15.6 Å². The molecule has 2 rings (SSSR count). The third-order valence-electron chi connectivity index (χ3n) is 4.13. The highest BCUT2D eigenvalue weighted by atomic mass is 16.5. The highest BCUT2D eigenvalue weighted by Gasteiger charge is 2.14. The molecule has 1 atom stereocenters. The molecule has 0 radical (unpaired) electrons. The van der Waals surface area contributed by atoms with Crippen LogP contribution in [0.1, 0.15) is 45.1 Å². The van der Waals surface area contributed by atoms with E-state index >= 15 is 0 Å². The Kier molecular flexibility index (Phi) is 10.6. The number of hydrogen-bond acceptors (Lipinski definition) is 5. The fourth-order valence-corrected chi connectivity index (χ4v) is 2.75. The monoisotopic (exact) mass is 378 g/mol. The molecule has 1 fully saturated rings. The maximum Gasteiger partial charge on any atom is 0.218 e. The van der Waals surface area contributed by atoms with E-state index < -0.39 is 0 Å². The number of nitrogens with zero attached hydrogens (tertiary/aromatic N) is 2. The Morgan fingerprint density at radius 1 is 1.33 bits per heavy atom. The van der Waals surface area contributed by atoms with E-state index in [-0.39, 0.29) is 0 Å². The van der Waals surface area contributed by atoms with Crippen molar-refractivity contribution in [2.24, 2.45) is 4.99 Å². The molecule has 7 nitrogen and oxygen atoms in total. The second kappa shape index (κ2) is 13.3. The number of nitrogens with one attached hydrogen (secondary N) is 2. The van der Waals surface area contributed by atoms with E-state index in [4.69, 9.17) is 14.2 Å². The Labute approximate surface area is 162 Å². The lowest BCUT2D eigenvalue weighted by Crippen LogP contribution is -2.38. The van der Waals surface area contributed by atoms with Gasteiger partial charge in [0.1, 0.15) is 0 Å². The van der Waals surface area contributed by atoms with Gasteiger partial charge in [-0.2, -0.15) is 0 Å². The molecule has 0 spiro atoms. The average Bonchev–Trinajstić information content (AvgIpc) is 3.21. The van der Waals surface area contributed by atoms with Gasteiger partial charge in [0.05, 0.1) is 25.9 Å². The van der Waals surface area contributed by atoms with Gasteiger partial charge in [0.25, 0.3) is 0 Å². The lowest BCUT2D eigenvalue weighted by atomic mass is 10.2. The fraction of sp³-hybridized carbons (Fsp3) is 0.700. The molecule has 0 bridgehead atoms. The summed E-state index contributed by atoms with van der Waals surface area (Å²) >= 11 is 0. The summed E-state index contributed by atoms with van der Waals surface area (Å²) in [5, 5.41) is 6.62. The summed E-state index contributed by atoms with van der Waals surface area (Å²) in [6.07, 6.45) is 6.19. The molecule has 1 aromatic rings. The minimum absolute atomic E-state index is 0.292. The Morgan fingerprint density at radius 3 is 3.04 bits per heavy atom. The van der Waals surface area contributed by atoms with Gasteiger partial charge in [-0.3, -0.25) is 0 Å². The quantitative estimate of drug-likeness (QED) is 0.331. The van der Waals surface area contributed by atoms with Crippen LogP contribution in [0.5, 0.6) is 5.88 Å². The molecule has 0 aliphatic carbocycles. The molecule has 2 heterocycles. The predicted octanol–water partition coefficient (Wildman–Crippen LogP) is 2.51. The van der Waals surface area contributed by atoms with Crippen molar-refractivity contribution in [3.63, 3.8) is 0 Å². The molecule has 1 aliphatic heterocycles. The molecular formula is C20H34N4O3. The van der Waals surface area contributed by atoms with Gasteiger partial charge in [-0.25, -0.2) is 9.98 Å². The van der Waals surface area contributed by atoms with Crippen molar-refractivity contribution in [2.45, 2.75) is 52.2 Å². The third kappa shape index (κ3) is 8.58. The lowest BCUT2D eigenvalue weighted by Gasteiger charge is -2.13. The molecule has 1 saturated heterocycles. The predicted molar refractivity (Wildman–Crippen MR) is 107 cm³/mol. The first-order chi connectivity index (χ1) is 13.3. The molecule has 0 saturated carbocycles. The van der Waals surface area contributed by atoms with Gasteiger partial charge in [0, 0.05) is 38.1 Å². The summed E-state index contributed by atoms with van der Waals surface area (Å²) in [6.45, 7) is 9.26. The Morgan fingerprint density at radius 2 is 2.26 bits per heavy atom. The Hall–Kier alpha value is -1.86. The second-order valence-corrected chi connectivity index (χ2v) is 6.50. The number of aromatic nitrogens is 1. The van der Waals surface area contributed by atoms with Crippen LogP contribution < -0.4 is 15.4 Å². The van der Waals surface area contributed by atoms with E-state index in [0.29, 0.717) is 31.7 Å². The normalized spacial score (nSPS) is 17.1. The highest BCUT2D eigenvalue weighted by molar-refractivity contribution is 5.79. The van der Waals surface area contributed by atoms with E-state index in [1.54, 1.807) is 6.20 Å². The number of aliphatic imine (C=N–C) groups is 1. The van der Waals surface area contributed by atoms with Gasteiger partial charge in [-0.1, -0.05) is 13.0 Å². The zero-order valence-corrected chi connectivity index (χ0v) is 16.7. The summed E-state index contributed by atoms with van der Waals surface area (Å²) in [5.74, 6) is 1.46. The number of pyridine rings is 1. The van der Waals surface area contributed by atoms with E-state index in [9.17, 15) is 0 Å². The minimum Gasteiger partial charge on any atom is -0.477 e. The van der Waals surface area contributed by atoms with E-state index in [2.05, 4.69) is 34.5 Å². The van der Waals surface area contributed by atoms with Crippen molar-refractivity contribution in [3.05, 3.63) is 23.9 Å². The molecular weight excluding hydrogens is 344 g/mol. The number of rotatable bonds is 12. The van der Waals surface area contributed by atoms with Crippen molar-refractivity contribution < 1.29 is 14.2 Å². The second-order valence-electron chi connectivity index (χ2n) is 6.50. The molecule has 27 heavy (non-hydrogen) atoms. The molecule has 1 aliphatic rings. The first-order valence-corrected chi connectivity index (χ1v) is 10.1. The fourth-order valence-electron chi connectivity index (χ4n) is 2.75.